The van der Waals surface area contributed by atoms with E-state index in [2.05, 4.69) is 10.3 Å². The van der Waals surface area contributed by atoms with Crippen molar-refractivity contribution in [1.29, 1.82) is 0 Å². The molecule has 1 N–H and O–H groups in total. The number of carbonyl (C=O) groups excluding carboxylic acids is 1. The maximum absolute atomic E-state index is 13.2. The molecule has 2 atom stereocenters. The van der Waals surface area contributed by atoms with Crippen LogP contribution in [0.3, 0.4) is 0 Å². The van der Waals surface area contributed by atoms with Crippen LogP contribution in [0.2, 0.25) is 0 Å². The second kappa shape index (κ2) is 7.14. The summed E-state index contributed by atoms with van der Waals surface area (Å²) in [5, 5.41) is 18.1. The predicted molar refractivity (Wildman–Crippen MR) is 89.6 cm³/mol. The summed E-state index contributed by atoms with van der Waals surface area (Å²) in [6.07, 6.45) is 2.71. The molecule has 1 aromatic carbocycles. The number of carbonyl (C=O) groups is 1. The van der Waals surface area contributed by atoms with Crippen LogP contribution in [0.15, 0.2) is 30.3 Å². The number of aliphatic hydroxyl groups is 1. The minimum absolute atomic E-state index is 0.0245. The number of esters is 1. The number of benzene rings is 1. The molecule has 1 saturated heterocycles. The van der Waals surface area contributed by atoms with E-state index in [1.807, 2.05) is 13.8 Å². The maximum atomic E-state index is 13.2. The third kappa shape index (κ3) is 3.93. The molecule has 7 heteroatoms. The molecule has 0 spiro atoms. The van der Waals surface area contributed by atoms with Crippen molar-refractivity contribution in [2.45, 2.75) is 44.8 Å². The SMILES string of the molecule is CC(C)c1nnn(-c2ccc(F)cc2)c1C=C[C@@H]1C[C@@H](O)CC(=O)O1. The average Bonchev–Trinajstić information content (AvgIpc) is 2.97. The minimum atomic E-state index is -0.694. The van der Waals surface area contributed by atoms with Gasteiger partial charge in [-0.2, -0.15) is 0 Å². The van der Waals surface area contributed by atoms with Gasteiger partial charge in [0.05, 0.1) is 29.6 Å². The van der Waals surface area contributed by atoms with Gasteiger partial charge in [-0.3, -0.25) is 4.79 Å². The lowest BCUT2D eigenvalue weighted by Gasteiger charge is -2.23. The summed E-state index contributed by atoms with van der Waals surface area (Å²) >= 11 is 0. The van der Waals surface area contributed by atoms with E-state index in [0.29, 0.717) is 12.1 Å². The molecular weight excluding hydrogens is 325 g/mol. The average molecular weight is 345 g/mol. The van der Waals surface area contributed by atoms with Gasteiger partial charge in [0.15, 0.2) is 0 Å². The van der Waals surface area contributed by atoms with Crippen molar-refractivity contribution >= 4 is 12.0 Å². The summed E-state index contributed by atoms with van der Waals surface area (Å²) in [5.41, 5.74) is 2.20. The number of hydrogen-bond acceptors (Lipinski definition) is 5. The van der Waals surface area contributed by atoms with Crippen LogP contribution >= 0.6 is 0 Å². The zero-order valence-corrected chi connectivity index (χ0v) is 14.1. The van der Waals surface area contributed by atoms with Crippen LogP contribution in [0.4, 0.5) is 4.39 Å². The Bertz CT molecular complexity index is 783. The Morgan fingerprint density at radius 1 is 1.36 bits per heavy atom. The van der Waals surface area contributed by atoms with Crippen LogP contribution < -0.4 is 0 Å². The first-order valence-electron chi connectivity index (χ1n) is 8.21. The van der Waals surface area contributed by atoms with E-state index in [1.165, 1.54) is 12.1 Å². The molecule has 0 aliphatic carbocycles. The number of aliphatic hydroxyl groups excluding tert-OH is 1. The van der Waals surface area contributed by atoms with Gasteiger partial charge in [-0.1, -0.05) is 19.1 Å². The van der Waals surface area contributed by atoms with Crippen LogP contribution in [-0.2, 0) is 9.53 Å². The van der Waals surface area contributed by atoms with E-state index in [0.717, 1.165) is 11.4 Å². The van der Waals surface area contributed by atoms with Crippen molar-refractivity contribution in [3.8, 4) is 5.69 Å². The molecule has 0 saturated carbocycles. The van der Waals surface area contributed by atoms with Crippen molar-refractivity contribution in [2.24, 2.45) is 0 Å². The molecule has 25 heavy (non-hydrogen) atoms. The summed E-state index contributed by atoms with van der Waals surface area (Å²) in [5.74, 6) is -0.607. The van der Waals surface area contributed by atoms with E-state index < -0.39 is 18.2 Å². The second-order valence-electron chi connectivity index (χ2n) is 6.38. The first kappa shape index (κ1) is 17.3. The number of aromatic nitrogens is 3. The lowest BCUT2D eigenvalue weighted by atomic mass is 10.0. The van der Waals surface area contributed by atoms with Gasteiger partial charge in [0.1, 0.15) is 11.9 Å². The van der Waals surface area contributed by atoms with Gasteiger partial charge in [0, 0.05) is 6.42 Å². The highest BCUT2D eigenvalue weighted by Gasteiger charge is 2.25. The number of nitrogens with zero attached hydrogens (tertiary/aromatic N) is 3. The van der Waals surface area contributed by atoms with Crippen LogP contribution in [0, 0.1) is 5.82 Å². The first-order valence-corrected chi connectivity index (χ1v) is 8.21. The van der Waals surface area contributed by atoms with Gasteiger partial charge in [-0.25, -0.2) is 9.07 Å². The molecule has 6 nitrogen and oxygen atoms in total. The molecule has 1 aromatic heterocycles. The Morgan fingerprint density at radius 2 is 2.08 bits per heavy atom. The molecule has 2 aromatic rings. The van der Waals surface area contributed by atoms with Crippen molar-refractivity contribution in [2.75, 3.05) is 0 Å². The molecule has 3 rings (SSSR count). The standard InChI is InChI=1S/C18H20FN3O3/c1-11(2)18-16(8-7-15-9-14(23)10-17(24)25-15)22(21-20-18)13-5-3-12(19)4-6-13/h3-8,11,14-15,23H,9-10H2,1-2H3/t14-,15-/m1/s1. The van der Waals surface area contributed by atoms with Crippen molar-refractivity contribution < 1.29 is 19.0 Å². The lowest BCUT2D eigenvalue weighted by Crippen LogP contribution is -2.31. The van der Waals surface area contributed by atoms with Crippen molar-refractivity contribution in [1.82, 2.24) is 15.0 Å². The Hall–Kier alpha value is -2.54. The van der Waals surface area contributed by atoms with Crippen molar-refractivity contribution in [3.63, 3.8) is 0 Å². The molecule has 1 aliphatic heterocycles. The molecule has 1 fully saturated rings. The van der Waals surface area contributed by atoms with Gasteiger partial charge in [0.25, 0.3) is 0 Å². The molecule has 132 valence electrons. The molecule has 1 aliphatic rings. The molecular formula is C18H20FN3O3. The van der Waals surface area contributed by atoms with E-state index in [-0.39, 0.29) is 18.2 Å². The molecule has 2 heterocycles. The Morgan fingerprint density at radius 3 is 2.72 bits per heavy atom. The summed E-state index contributed by atoms with van der Waals surface area (Å²) < 4.78 is 20.0. The fourth-order valence-corrected chi connectivity index (χ4v) is 2.77. The van der Waals surface area contributed by atoms with Crippen LogP contribution in [-0.4, -0.2) is 38.3 Å². The summed E-state index contributed by atoms with van der Waals surface area (Å²) in [6.45, 7) is 4.00. The highest BCUT2D eigenvalue weighted by Crippen LogP contribution is 2.23. The summed E-state index contributed by atoms with van der Waals surface area (Å²) in [6, 6.07) is 5.96. The van der Waals surface area contributed by atoms with Gasteiger partial charge in [0.2, 0.25) is 0 Å². The largest absolute Gasteiger partial charge is 0.458 e. The van der Waals surface area contributed by atoms with Crippen LogP contribution in [0.25, 0.3) is 11.8 Å². The monoisotopic (exact) mass is 345 g/mol. The number of cyclic esters (lactones) is 1. The Balaban J connectivity index is 1.93. The van der Waals surface area contributed by atoms with Crippen LogP contribution in [0.5, 0.6) is 0 Å². The van der Waals surface area contributed by atoms with Crippen molar-refractivity contribution in [3.05, 3.63) is 47.5 Å². The first-order chi connectivity index (χ1) is 11.9. The molecule has 0 amide bonds. The smallest absolute Gasteiger partial charge is 0.309 e. The van der Waals surface area contributed by atoms with Gasteiger partial charge in [-0.05, 0) is 42.3 Å². The van der Waals surface area contributed by atoms with Gasteiger partial charge in [-0.15, -0.1) is 5.10 Å². The lowest BCUT2D eigenvalue weighted by molar-refractivity contribution is -0.156. The maximum Gasteiger partial charge on any atom is 0.309 e. The van der Waals surface area contributed by atoms with Gasteiger partial charge < -0.3 is 9.84 Å². The van der Waals surface area contributed by atoms with E-state index in [4.69, 9.17) is 4.74 Å². The second-order valence-corrected chi connectivity index (χ2v) is 6.38. The quantitative estimate of drug-likeness (QED) is 0.862. The third-order valence-electron chi connectivity index (χ3n) is 4.01. The fraction of sp³-hybridized carbons (Fsp3) is 0.389. The number of hydrogen-bond donors (Lipinski definition) is 1. The zero-order valence-electron chi connectivity index (χ0n) is 14.1. The minimum Gasteiger partial charge on any atom is -0.458 e. The molecule has 0 unspecified atom stereocenters. The normalized spacial score (nSPS) is 21.1. The summed E-state index contributed by atoms with van der Waals surface area (Å²) in [4.78, 5) is 11.5. The number of ether oxygens (including phenoxy) is 1. The topological polar surface area (TPSA) is 77.2 Å². The van der Waals surface area contributed by atoms with E-state index in [9.17, 15) is 14.3 Å². The number of rotatable bonds is 4. The molecule has 0 bridgehead atoms. The zero-order chi connectivity index (χ0) is 18.0. The van der Waals surface area contributed by atoms with Gasteiger partial charge >= 0.3 is 5.97 Å². The predicted octanol–water partition coefficient (Wildman–Crippen LogP) is 2.61. The Kier molecular flexibility index (Phi) is 4.94. The highest BCUT2D eigenvalue weighted by molar-refractivity contribution is 5.71. The fourth-order valence-electron chi connectivity index (χ4n) is 2.77. The van der Waals surface area contributed by atoms with E-state index >= 15 is 0 Å². The highest BCUT2D eigenvalue weighted by atomic mass is 19.1. The molecule has 0 radical (unpaired) electrons. The Labute approximate surface area is 144 Å². The van der Waals surface area contributed by atoms with Crippen LogP contribution in [0.1, 0.15) is 44.0 Å². The third-order valence-corrected chi connectivity index (χ3v) is 4.01. The van der Waals surface area contributed by atoms with E-state index in [1.54, 1.807) is 29.0 Å². The summed E-state index contributed by atoms with van der Waals surface area (Å²) in [7, 11) is 0. The number of halogens is 1.